The predicted octanol–water partition coefficient (Wildman–Crippen LogP) is 3.42. The van der Waals surface area contributed by atoms with Gasteiger partial charge in [0.05, 0.1) is 18.9 Å². The zero-order chi connectivity index (χ0) is 16.9. The average Bonchev–Trinajstić information content (AvgIpc) is 2.50. The van der Waals surface area contributed by atoms with Crippen molar-refractivity contribution in [1.29, 1.82) is 0 Å². The highest BCUT2D eigenvalue weighted by Crippen LogP contribution is 2.31. The minimum absolute atomic E-state index is 0.264. The Balaban J connectivity index is 2.32. The van der Waals surface area contributed by atoms with Crippen molar-refractivity contribution in [3.8, 4) is 11.5 Å². The van der Waals surface area contributed by atoms with E-state index in [4.69, 9.17) is 9.47 Å². The number of halogens is 1. The maximum absolute atomic E-state index is 13.7. The molecule has 0 spiro atoms. The molecule has 0 atom stereocenters. The highest BCUT2D eigenvalue weighted by atomic mass is 32.2. The van der Waals surface area contributed by atoms with Crippen LogP contribution in [0.2, 0.25) is 0 Å². The Morgan fingerprint density at radius 3 is 2.30 bits per heavy atom. The fraction of sp³-hybridized carbons (Fsp3) is 0.250. The Bertz CT molecular complexity index is 777. The van der Waals surface area contributed by atoms with Crippen LogP contribution in [0.4, 0.5) is 10.1 Å². The van der Waals surface area contributed by atoms with Crippen LogP contribution in [-0.4, -0.2) is 21.6 Å². The third-order valence-electron chi connectivity index (χ3n) is 2.92. The summed E-state index contributed by atoms with van der Waals surface area (Å²) in [6, 6.07) is 9.83. The summed E-state index contributed by atoms with van der Waals surface area (Å²) in [6.45, 7) is 4.51. The van der Waals surface area contributed by atoms with Gasteiger partial charge in [0, 0.05) is 6.07 Å². The van der Waals surface area contributed by atoms with Crippen molar-refractivity contribution in [1.82, 2.24) is 0 Å². The normalized spacial score (nSPS) is 11.1. The van der Waals surface area contributed by atoms with E-state index in [1.54, 1.807) is 6.07 Å². The van der Waals surface area contributed by atoms with E-state index in [9.17, 15) is 12.8 Å². The molecule has 0 saturated heterocycles. The summed E-state index contributed by atoms with van der Waals surface area (Å²) in [6.07, 6.45) is 0. The van der Waals surface area contributed by atoms with Gasteiger partial charge in [-0.25, -0.2) is 12.8 Å². The molecule has 1 N–H and O–H groups in total. The first kappa shape index (κ1) is 17.1. The number of sulfonamides is 1. The fourth-order valence-electron chi connectivity index (χ4n) is 1.99. The summed E-state index contributed by atoms with van der Waals surface area (Å²) in [4.78, 5) is -0.410. The molecule has 0 aliphatic carbocycles. The van der Waals surface area contributed by atoms with Crippen LogP contribution >= 0.6 is 0 Å². The molecule has 0 aromatic heterocycles. The Labute approximate surface area is 135 Å². The first-order chi connectivity index (χ1) is 11.0. The number of ether oxygens (including phenoxy) is 2. The molecule has 5 nitrogen and oxygen atoms in total. The lowest BCUT2D eigenvalue weighted by Gasteiger charge is -2.14. The molecule has 0 heterocycles. The molecule has 0 radical (unpaired) electrons. The highest BCUT2D eigenvalue weighted by Gasteiger charge is 2.19. The number of benzene rings is 2. The van der Waals surface area contributed by atoms with E-state index in [2.05, 4.69) is 4.72 Å². The second kappa shape index (κ2) is 7.32. The molecular weight excluding hydrogens is 321 g/mol. The molecule has 0 saturated carbocycles. The Morgan fingerprint density at radius 2 is 1.65 bits per heavy atom. The average molecular weight is 339 g/mol. The fourth-order valence-corrected chi connectivity index (χ4v) is 3.12. The van der Waals surface area contributed by atoms with E-state index in [1.807, 2.05) is 13.8 Å². The Kier molecular flexibility index (Phi) is 5.44. The van der Waals surface area contributed by atoms with Gasteiger partial charge in [-0.05, 0) is 38.1 Å². The maximum Gasteiger partial charge on any atom is 0.264 e. The van der Waals surface area contributed by atoms with E-state index in [1.165, 1.54) is 30.3 Å². The van der Waals surface area contributed by atoms with Crippen molar-refractivity contribution < 1.29 is 22.3 Å². The van der Waals surface area contributed by atoms with Gasteiger partial charge in [-0.15, -0.1) is 0 Å². The van der Waals surface area contributed by atoms with Crippen LogP contribution in [0.25, 0.3) is 0 Å². The molecule has 0 bridgehead atoms. The lowest BCUT2D eigenvalue weighted by atomic mass is 10.3. The molecule has 23 heavy (non-hydrogen) atoms. The van der Waals surface area contributed by atoms with Crippen molar-refractivity contribution in [2.45, 2.75) is 18.7 Å². The smallest absolute Gasteiger partial charge is 0.264 e. The van der Waals surface area contributed by atoms with E-state index in [0.717, 1.165) is 6.07 Å². The lowest BCUT2D eigenvalue weighted by Crippen LogP contribution is -2.14. The molecule has 124 valence electrons. The summed E-state index contributed by atoms with van der Waals surface area (Å²) < 4.78 is 51.4. The summed E-state index contributed by atoms with van der Waals surface area (Å²) in [5.74, 6) is 0.127. The molecule has 2 aromatic carbocycles. The molecule has 2 rings (SSSR count). The van der Waals surface area contributed by atoms with E-state index < -0.39 is 20.7 Å². The molecule has 7 heteroatoms. The second-order valence-corrected chi connectivity index (χ2v) is 6.21. The minimum atomic E-state index is -4.02. The number of anilines is 1. The second-order valence-electron chi connectivity index (χ2n) is 4.56. The quantitative estimate of drug-likeness (QED) is 0.839. The predicted molar refractivity (Wildman–Crippen MR) is 86.0 cm³/mol. The lowest BCUT2D eigenvalue weighted by molar-refractivity contribution is 0.288. The zero-order valence-electron chi connectivity index (χ0n) is 12.9. The Hall–Kier alpha value is -2.28. The standard InChI is InChI=1S/C16H18FNO4S/c1-3-21-14-10-9-12(11-15(14)22-4-2)18-23(19,20)16-8-6-5-7-13(16)17/h5-11,18H,3-4H2,1-2H3. The molecule has 0 unspecified atom stereocenters. The molecule has 0 aliphatic rings. The molecule has 0 aliphatic heterocycles. The van der Waals surface area contributed by atoms with E-state index in [-0.39, 0.29) is 5.69 Å². The van der Waals surface area contributed by atoms with Crippen LogP contribution in [0.3, 0.4) is 0 Å². The number of hydrogen-bond donors (Lipinski definition) is 1. The number of nitrogens with one attached hydrogen (secondary N) is 1. The van der Waals surface area contributed by atoms with E-state index >= 15 is 0 Å². The molecule has 2 aromatic rings. The third-order valence-corrected chi connectivity index (χ3v) is 4.34. The van der Waals surface area contributed by atoms with Crippen molar-refractivity contribution in [3.05, 3.63) is 48.3 Å². The van der Waals surface area contributed by atoms with Gasteiger partial charge in [0.2, 0.25) is 0 Å². The molecular formula is C16H18FNO4S. The van der Waals surface area contributed by atoms with Gasteiger partial charge in [0.25, 0.3) is 10.0 Å². The van der Waals surface area contributed by atoms with E-state index in [0.29, 0.717) is 24.7 Å². The Morgan fingerprint density at radius 1 is 1.00 bits per heavy atom. The summed E-state index contributed by atoms with van der Waals surface area (Å²) in [7, 11) is -4.02. The van der Waals surface area contributed by atoms with Crippen LogP contribution in [0, 0.1) is 5.82 Å². The van der Waals surface area contributed by atoms with Crippen LogP contribution in [0.15, 0.2) is 47.4 Å². The van der Waals surface area contributed by atoms with Crippen molar-refractivity contribution in [3.63, 3.8) is 0 Å². The van der Waals surface area contributed by atoms with Crippen LogP contribution in [0.1, 0.15) is 13.8 Å². The highest BCUT2D eigenvalue weighted by molar-refractivity contribution is 7.92. The number of rotatable bonds is 7. The van der Waals surface area contributed by atoms with Gasteiger partial charge in [-0.3, -0.25) is 4.72 Å². The van der Waals surface area contributed by atoms with Crippen molar-refractivity contribution in [2.24, 2.45) is 0 Å². The zero-order valence-corrected chi connectivity index (χ0v) is 13.7. The van der Waals surface area contributed by atoms with Gasteiger partial charge < -0.3 is 9.47 Å². The van der Waals surface area contributed by atoms with Crippen LogP contribution in [-0.2, 0) is 10.0 Å². The largest absolute Gasteiger partial charge is 0.490 e. The maximum atomic E-state index is 13.7. The van der Waals surface area contributed by atoms with Crippen molar-refractivity contribution >= 4 is 15.7 Å². The van der Waals surface area contributed by atoms with Gasteiger partial charge in [0.15, 0.2) is 11.5 Å². The molecule has 0 amide bonds. The first-order valence-corrected chi connectivity index (χ1v) is 8.63. The summed E-state index contributed by atoms with van der Waals surface area (Å²) in [5.41, 5.74) is 0.264. The van der Waals surface area contributed by atoms with Crippen molar-refractivity contribution in [2.75, 3.05) is 17.9 Å². The summed E-state index contributed by atoms with van der Waals surface area (Å²) >= 11 is 0. The van der Waals surface area contributed by atoms with Gasteiger partial charge in [0.1, 0.15) is 10.7 Å². The minimum Gasteiger partial charge on any atom is -0.490 e. The van der Waals surface area contributed by atoms with Gasteiger partial charge >= 0.3 is 0 Å². The van der Waals surface area contributed by atoms with Gasteiger partial charge in [-0.1, -0.05) is 12.1 Å². The topological polar surface area (TPSA) is 64.6 Å². The number of hydrogen-bond acceptors (Lipinski definition) is 4. The summed E-state index contributed by atoms with van der Waals surface area (Å²) in [5, 5.41) is 0. The monoisotopic (exact) mass is 339 g/mol. The SMILES string of the molecule is CCOc1ccc(NS(=O)(=O)c2ccccc2F)cc1OCC. The van der Waals surface area contributed by atoms with Crippen LogP contribution in [0.5, 0.6) is 11.5 Å². The van der Waals surface area contributed by atoms with Gasteiger partial charge in [-0.2, -0.15) is 0 Å². The first-order valence-electron chi connectivity index (χ1n) is 7.15. The van der Waals surface area contributed by atoms with Crippen LogP contribution < -0.4 is 14.2 Å². The third kappa shape index (κ3) is 4.13. The molecule has 0 fully saturated rings.